The van der Waals surface area contributed by atoms with E-state index in [1.807, 2.05) is 6.92 Å². The first-order valence-electron chi connectivity index (χ1n) is 9.47. The zero-order valence-electron chi connectivity index (χ0n) is 15.1. The van der Waals surface area contributed by atoms with Crippen LogP contribution in [0.25, 0.3) is 0 Å². The van der Waals surface area contributed by atoms with Crippen LogP contribution in [0.15, 0.2) is 11.1 Å². The zero-order valence-corrected chi connectivity index (χ0v) is 15.1. The Balaban J connectivity index is 1.79. The number of hydrogen-bond donors (Lipinski definition) is 2. The molecule has 0 unspecified atom stereocenters. The van der Waals surface area contributed by atoms with E-state index < -0.39 is 11.4 Å². The second-order valence-electron chi connectivity index (χ2n) is 9.34. The number of hydrogen-bond acceptors (Lipinski definition) is 2. The minimum Gasteiger partial charge on any atom is -0.481 e. The molecule has 4 nitrogen and oxygen atoms in total. The lowest BCUT2D eigenvalue weighted by Gasteiger charge is -2.63. The molecule has 0 saturated heterocycles. The quantitative estimate of drug-likeness (QED) is 0.772. The lowest BCUT2D eigenvalue weighted by molar-refractivity contribution is -0.175. The zero-order chi connectivity index (χ0) is 17.3. The summed E-state index contributed by atoms with van der Waals surface area (Å²) in [6.07, 6.45) is 6.86. The van der Waals surface area contributed by atoms with E-state index in [0.717, 1.165) is 57.1 Å². The molecule has 1 amide bonds. The summed E-state index contributed by atoms with van der Waals surface area (Å²) in [5, 5.41) is 13.0. The van der Waals surface area contributed by atoms with Gasteiger partial charge in [0.25, 0.3) is 0 Å². The maximum atomic E-state index is 12.5. The van der Waals surface area contributed by atoms with Crippen molar-refractivity contribution in [1.82, 2.24) is 5.32 Å². The Labute approximate surface area is 144 Å². The molecule has 2 saturated carbocycles. The Morgan fingerprint density at radius 1 is 1.12 bits per heavy atom. The van der Waals surface area contributed by atoms with Gasteiger partial charge in [-0.1, -0.05) is 20.3 Å². The molecule has 1 aliphatic heterocycles. The van der Waals surface area contributed by atoms with Gasteiger partial charge in [0.15, 0.2) is 0 Å². The van der Waals surface area contributed by atoms with E-state index in [1.165, 1.54) is 5.57 Å². The van der Waals surface area contributed by atoms with Crippen LogP contribution < -0.4 is 5.32 Å². The van der Waals surface area contributed by atoms with Crippen molar-refractivity contribution in [3.63, 3.8) is 0 Å². The van der Waals surface area contributed by atoms with Gasteiger partial charge in [0.1, 0.15) is 0 Å². The van der Waals surface area contributed by atoms with E-state index in [4.69, 9.17) is 0 Å². The van der Waals surface area contributed by atoms with E-state index in [2.05, 4.69) is 19.2 Å². The van der Waals surface area contributed by atoms with Gasteiger partial charge in [-0.15, -0.1) is 0 Å². The summed E-state index contributed by atoms with van der Waals surface area (Å²) in [4.78, 5) is 24.6. The Bertz CT molecular complexity index is 653. The van der Waals surface area contributed by atoms with E-state index >= 15 is 0 Å². The lowest BCUT2D eigenvalue weighted by atomic mass is 9.40. The molecule has 4 rings (SSSR count). The molecule has 4 heteroatoms. The number of carbonyl (C=O) groups excluding carboxylic acids is 1. The third kappa shape index (κ3) is 1.80. The van der Waals surface area contributed by atoms with Crippen LogP contribution in [-0.2, 0) is 9.59 Å². The summed E-state index contributed by atoms with van der Waals surface area (Å²) in [6.45, 7) is 7.31. The van der Waals surface area contributed by atoms with Crippen LogP contribution in [0, 0.1) is 28.1 Å². The molecule has 0 aromatic rings. The van der Waals surface area contributed by atoms with Crippen LogP contribution in [0.2, 0.25) is 0 Å². The molecular weight excluding hydrogens is 302 g/mol. The van der Waals surface area contributed by atoms with Crippen LogP contribution in [0.1, 0.15) is 65.7 Å². The molecular formula is C20H29NO3. The van der Waals surface area contributed by atoms with Gasteiger partial charge < -0.3 is 10.4 Å². The first kappa shape index (κ1) is 16.2. The Kier molecular flexibility index (Phi) is 3.27. The normalized spacial score (nSPS) is 47.5. The lowest BCUT2D eigenvalue weighted by Crippen LogP contribution is -2.58. The molecule has 0 bridgehead atoms. The SMILES string of the molecule is C[C@]12CCC[C@](C)(C(=O)O)[C@@H]1CC[C@@]1(C)C3=C(CC[C@H]21)CNC3=O. The standard InChI is InChI=1S/C20H29NO3/c1-18-8-4-9-20(3,17(23)24)14(18)7-10-19(2)13(18)6-5-12-11-21-16(22)15(12)19/h13-14H,4-11H2,1-3H3,(H,21,22)(H,23,24)/t13-,14-,18-,19-,20+/m1/s1. The predicted molar refractivity (Wildman–Crippen MR) is 91.3 cm³/mol. The number of carboxylic acid groups (broad SMARTS) is 1. The number of carboxylic acids is 1. The maximum absolute atomic E-state index is 12.5. The minimum absolute atomic E-state index is 0.0276. The minimum atomic E-state index is -0.628. The molecule has 0 aromatic carbocycles. The monoisotopic (exact) mass is 331 g/mol. The first-order valence-corrected chi connectivity index (χ1v) is 9.47. The Morgan fingerprint density at radius 2 is 1.88 bits per heavy atom. The van der Waals surface area contributed by atoms with Crippen molar-refractivity contribution in [2.75, 3.05) is 6.54 Å². The molecule has 1 heterocycles. The van der Waals surface area contributed by atoms with Crippen molar-refractivity contribution in [1.29, 1.82) is 0 Å². The van der Waals surface area contributed by atoms with Crippen LogP contribution in [0.4, 0.5) is 0 Å². The van der Waals surface area contributed by atoms with Gasteiger partial charge >= 0.3 is 5.97 Å². The maximum Gasteiger partial charge on any atom is 0.309 e. The third-order valence-corrected chi connectivity index (χ3v) is 8.33. The van der Waals surface area contributed by atoms with Crippen molar-refractivity contribution >= 4 is 11.9 Å². The Morgan fingerprint density at radius 3 is 2.58 bits per heavy atom. The highest BCUT2D eigenvalue weighted by Gasteiger charge is 2.63. The van der Waals surface area contributed by atoms with E-state index in [1.54, 1.807) is 0 Å². The number of carbonyl (C=O) groups is 2. The molecule has 2 N–H and O–H groups in total. The summed E-state index contributed by atoms with van der Waals surface area (Å²) < 4.78 is 0. The number of aliphatic carboxylic acids is 1. The van der Waals surface area contributed by atoms with Gasteiger partial charge in [-0.25, -0.2) is 0 Å². The highest BCUT2D eigenvalue weighted by Crippen LogP contribution is 2.68. The molecule has 2 fully saturated rings. The van der Waals surface area contributed by atoms with Crippen molar-refractivity contribution in [3.05, 3.63) is 11.1 Å². The largest absolute Gasteiger partial charge is 0.481 e. The summed E-state index contributed by atoms with van der Waals surface area (Å²) in [7, 11) is 0. The second-order valence-corrected chi connectivity index (χ2v) is 9.34. The van der Waals surface area contributed by atoms with Crippen LogP contribution in [0.3, 0.4) is 0 Å². The van der Waals surface area contributed by atoms with Gasteiger partial charge in [-0.2, -0.15) is 0 Å². The van der Waals surface area contributed by atoms with Crippen molar-refractivity contribution in [2.45, 2.75) is 65.7 Å². The average molecular weight is 331 g/mol. The van der Waals surface area contributed by atoms with Gasteiger partial charge in [-0.05, 0) is 68.3 Å². The van der Waals surface area contributed by atoms with Crippen molar-refractivity contribution in [2.24, 2.45) is 28.1 Å². The highest BCUT2D eigenvalue weighted by molar-refractivity contribution is 5.98. The summed E-state index contributed by atoms with van der Waals surface area (Å²) in [5.74, 6) is 0.152. The van der Waals surface area contributed by atoms with Crippen LogP contribution in [-0.4, -0.2) is 23.5 Å². The van der Waals surface area contributed by atoms with Gasteiger partial charge in [-0.3, -0.25) is 9.59 Å². The second kappa shape index (κ2) is 4.86. The van der Waals surface area contributed by atoms with Crippen molar-refractivity contribution in [3.8, 4) is 0 Å². The fraction of sp³-hybridized carbons (Fsp3) is 0.800. The first-order chi connectivity index (χ1) is 11.2. The number of nitrogens with one attached hydrogen (secondary N) is 1. The topological polar surface area (TPSA) is 66.4 Å². The smallest absolute Gasteiger partial charge is 0.309 e. The highest BCUT2D eigenvalue weighted by atomic mass is 16.4. The van der Waals surface area contributed by atoms with Gasteiger partial charge in [0.05, 0.1) is 5.41 Å². The molecule has 4 aliphatic rings. The fourth-order valence-corrected chi connectivity index (χ4v) is 7.25. The summed E-state index contributed by atoms with van der Waals surface area (Å²) in [6, 6.07) is 0. The molecule has 24 heavy (non-hydrogen) atoms. The van der Waals surface area contributed by atoms with Crippen LogP contribution in [0.5, 0.6) is 0 Å². The number of amides is 1. The number of rotatable bonds is 1. The number of fused-ring (bicyclic) bond motifs is 4. The summed E-state index contributed by atoms with van der Waals surface area (Å²) in [5.41, 5.74) is 1.72. The van der Waals surface area contributed by atoms with E-state index in [9.17, 15) is 14.7 Å². The predicted octanol–water partition coefficient (Wildman–Crippen LogP) is 3.52. The van der Waals surface area contributed by atoms with Gasteiger partial charge in [0, 0.05) is 17.5 Å². The molecule has 5 atom stereocenters. The molecule has 132 valence electrons. The molecule has 0 spiro atoms. The van der Waals surface area contributed by atoms with E-state index in [-0.39, 0.29) is 22.7 Å². The molecule has 0 aromatic heterocycles. The fourth-order valence-electron chi connectivity index (χ4n) is 7.25. The average Bonchev–Trinajstić information content (AvgIpc) is 2.89. The third-order valence-electron chi connectivity index (χ3n) is 8.33. The van der Waals surface area contributed by atoms with Crippen molar-refractivity contribution < 1.29 is 14.7 Å². The Hall–Kier alpha value is -1.32. The molecule has 3 aliphatic carbocycles. The molecule has 0 radical (unpaired) electrons. The van der Waals surface area contributed by atoms with Gasteiger partial charge in [0.2, 0.25) is 5.91 Å². The van der Waals surface area contributed by atoms with Crippen LogP contribution >= 0.6 is 0 Å². The van der Waals surface area contributed by atoms with E-state index in [0.29, 0.717) is 5.92 Å². The summed E-state index contributed by atoms with van der Waals surface area (Å²) >= 11 is 0.